The molecule has 4 N–H and O–H groups in total. The summed E-state index contributed by atoms with van der Waals surface area (Å²) in [5.74, 6) is -2.04. The molecule has 0 bridgehead atoms. The van der Waals surface area contributed by atoms with E-state index in [1.54, 1.807) is 0 Å². The minimum absolute atomic E-state index is 0.502. The molecule has 1 aliphatic rings. The molecule has 1 fully saturated rings. The first-order valence-electron chi connectivity index (χ1n) is 2.83. The largest absolute Gasteiger partial charge is 0.369 e. The summed E-state index contributed by atoms with van der Waals surface area (Å²) in [6.45, 7) is 3.47. The maximum absolute atomic E-state index is 10.4. The van der Waals surface area contributed by atoms with E-state index in [0.717, 1.165) is 0 Å². The van der Waals surface area contributed by atoms with Crippen molar-refractivity contribution in [2.75, 3.05) is 0 Å². The number of rotatable bonds is 2. The molecule has 0 heterocycles. The molecule has 1 rings (SSSR count). The molecule has 54 valence electrons. The minimum atomic E-state index is -0.520. The summed E-state index contributed by atoms with van der Waals surface area (Å²) in [4.78, 5) is 20.9. The van der Waals surface area contributed by atoms with Gasteiger partial charge >= 0.3 is 0 Å². The van der Waals surface area contributed by atoms with Crippen molar-refractivity contribution in [2.24, 2.45) is 23.3 Å². The van der Waals surface area contributed by atoms with E-state index in [4.69, 9.17) is 11.5 Å². The summed E-state index contributed by atoms with van der Waals surface area (Å²) < 4.78 is 0. The van der Waals surface area contributed by atoms with Gasteiger partial charge < -0.3 is 11.5 Å². The second kappa shape index (κ2) is 1.83. The summed E-state index contributed by atoms with van der Waals surface area (Å²) in [5, 5.41) is 0. The SMILES string of the molecule is C=C1[C@@H](C(N)=O)[C@@H]1C(N)=O. The Morgan fingerprint density at radius 2 is 1.50 bits per heavy atom. The number of primary amides is 2. The maximum Gasteiger partial charge on any atom is 0.225 e. The van der Waals surface area contributed by atoms with Gasteiger partial charge in [-0.1, -0.05) is 12.2 Å². The Morgan fingerprint density at radius 3 is 1.60 bits per heavy atom. The molecule has 2 atom stereocenters. The highest BCUT2D eigenvalue weighted by Crippen LogP contribution is 2.43. The normalized spacial score (nSPS) is 29.8. The number of carbonyl (C=O) groups excluding carboxylic acids is 2. The molecule has 4 heteroatoms. The molecular weight excluding hydrogens is 132 g/mol. The molecule has 0 unspecified atom stereocenters. The van der Waals surface area contributed by atoms with Crippen LogP contribution in [0.15, 0.2) is 12.2 Å². The van der Waals surface area contributed by atoms with Crippen molar-refractivity contribution in [3.8, 4) is 0 Å². The average Bonchev–Trinajstić information content (AvgIpc) is 2.40. The molecule has 0 aromatic carbocycles. The fourth-order valence-electron chi connectivity index (χ4n) is 1.01. The summed E-state index contributed by atoms with van der Waals surface area (Å²) >= 11 is 0. The molecule has 0 saturated heterocycles. The summed E-state index contributed by atoms with van der Waals surface area (Å²) in [7, 11) is 0. The number of hydrogen-bond donors (Lipinski definition) is 2. The number of nitrogens with two attached hydrogens (primary N) is 2. The molecule has 0 aromatic rings. The smallest absolute Gasteiger partial charge is 0.225 e. The Morgan fingerprint density at radius 1 is 1.20 bits per heavy atom. The van der Waals surface area contributed by atoms with Crippen molar-refractivity contribution >= 4 is 11.8 Å². The van der Waals surface area contributed by atoms with E-state index in [0.29, 0.717) is 5.57 Å². The average molecular weight is 140 g/mol. The van der Waals surface area contributed by atoms with Crippen molar-refractivity contribution in [3.63, 3.8) is 0 Å². The van der Waals surface area contributed by atoms with Crippen LogP contribution in [0.2, 0.25) is 0 Å². The van der Waals surface area contributed by atoms with Crippen LogP contribution < -0.4 is 11.5 Å². The van der Waals surface area contributed by atoms with Crippen molar-refractivity contribution in [1.29, 1.82) is 0 Å². The summed E-state index contributed by atoms with van der Waals surface area (Å²) in [5.41, 5.74) is 10.4. The van der Waals surface area contributed by atoms with E-state index in [-0.39, 0.29) is 0 Å². The second-order valence-corrected chi connectivity index (χ2v) is 2.33. The second-order valence-electron chi connectivity index (χ2n) is 2.33. The van der Waals surface area contributed by atoms with Crippen molar-refractivity contribution in [2.45, 2.75) is 0 Å². The van der Waals surface area contributed by atoms with Crippen LogP contribution in [-0.4, -0.2) is 11.8 Å². The molecule has 1 saturated carbocycles. The number of hydrogen-bond acceptors (Lipinski definition) is 2. The summed E-state index contributed by atoms with van der Waals surface area (Å²) in [6, 6.07) is 0. The summed E-state index contributed by atoms with van der Waals surface area (Å²) in [6.07, 6.45) is 0. The van der Waals surface area contributed by atoms with Gasteiger partial charge in [-0.15, -0.1) is 0 Å². The van der Waals surface area contributed by atoms with E-state index in [1.165, 1.54) is 0 Å². The highest BCUT2D eigenvalue weighted by molar-refractivity contribution is 5.97. The van der Waals surface area contributed by atoms with Gasteiger partial charge in [-0.2, -0.15) is 0 Å². The van der Waals surface area contributed by atoms with Crippen LogP contribution in [-0.2, 0) is 9.59 Å². The zero-order valence-electron chi connectivity index (χ0n) is 5.33. The highest BCUT2D eigenvalue weighted by Gasteiger charge is 2.50. The first-order chi connectivity index (χ1) is 4.55. The lowest BCUT2D eigenvalue weighted by molar-refractivity contribution is -0.124. The van der Waals surface area contributed by atoms with Gasteiger partial charge in [0, 0.05) is 0 Å². The molecule has 1 aliphatic carbocycles. The van der Waals surface area contributed by atoms with Gasteiger partial charge in [0.2, 0.25) is 11.8 Å². The van der Waals surface area contributed by atoms with Gasteiger partial charge in [-0.3, -0.25) is 9.59 Å². The van der Waals surface area contributed by atoms with E-state index >= 15 is 0 Å². The third-order valence-corrected chi connectivity index (χ3v) is 1.64. The van der Waals surface area contributed by atoms with Crippen LogP contribution in [0.25, 0.3) is 0 Å². The van der Waals surface area contributed by atoms with E-state index in [2.05, 4.69) is 6.58 Å². The van der Waals surface area contributed by atoms with Crippen LogP contribution in [0.5, 0.6) is 0 Å². The lowest BCUT2D eigenvalue weighted by Crippen LogP contribution is -2.20. The Hall–Kier alpha value is -1.32. The quantitative estimate of drug-likeness (QED) is 0.470. The fourth-order valence-corrected chi connectivity index (χ4v) is 1.01. The van der Waals surface area contributed by atoms with Crippen molar-refractivity contribution in [3.05, 3.63) is 12.2 Å². The Labute approximate surface area is 57.9 Å². The van der Waals surface area contributed by atoms with Gasteiger partial charge in [0.25, 0.3) is 0 Å². The maximum atomic E-state index is 10.4. The lowest BCUT2D eigenvalue weighted by Gasteiger charge is -1.85. The van der Waals surface area contributed by atoms with Crippen LogP contribution >= 0.6 is 0 Å². The molecule has 2 amide bonds. The van der Waals surface area contributed by atoms with Crippen LogP contribution in [0.4, 0.5) is 0 Å². The first-order valence-corrected chi connectivity index (χ1v) is 2.83. The topological polar surface area (TPSA) is 86.2 Å². The van der Waals surface area contributed by atoms with E-state index in [9.17, 15) is 9.59 Å². The van der Waals surface area contributed by atoms with Crippen LogP contribution in [0.3, 0.4) is 0 Å². The van der Waals surface area contributed by atoms with E-state index in [1.807, 2.05) is 0 Å². The van der Waals surface area contributed by atoms with Gasteiger partial charge in [0.1, 0.15) is 0 Å². The van der Waals surface area contributed by atoms with Gasteiger partial charge in [-0.25, -0.2) is 0 Å². The molecule has 10 heavy (non-hydrogen) atoms. The zero-order chi connectivity index (χ0) is 7.89. The van der Waals surface area contributed by atoms with Crippen LogP contribution in [0, 0.1) is 11.8 Å². The third-order valence-electron chi connectivity index (χ3n) is 1.64. The first kappa shape index (κ1) is 6.80. The molecule has 0 aromatic heterocycles. The standard InChI is InChI=1S/C6H8N2O2/c1-2-3(5(7)9)4(2)6(8)10/h3-4H,1H2,(H2,7,9)(H2,8,10)/t3-,4-/m1/s1. The van der Waals surface area contributed by atoms with E-state index < -0.39 is 23.7 Å². The van der Waals surface area contributed by atoms with Gasteiger partial charge in [0.05, 0.1) is 11.8 Å². The molecule has 4 nitrogen and oxygen atoms in total. The predicted octanol–water partition coefficient (Wildman–Crippen LogP) is -1.24. The lowest BCUT2D eigenvalue weighted by atomic mass is 10.3. The Kier molecular flexibility index (Phi) is 1.24. The Bertz CT molecular complexity index is 200. The number of carbonyl (C=O) groups is 2. The van der Waals surface area contributed by atoms with Crippen LogP contribution in [0.1, 0.15) is 0 Å². The minimum Gasteiger partial charge on any atom is -0.369 e. The zero-order valence-corrected chi connectivity index (χ0v) is 5.33. The highest BCUT2D eigenvalue weighted by atomic mass is 16.2. The molecule has 0 radical (unpaired) electrons. The van der Waals surface area contributed by atoms with Crippen molar-refractivity contribution in [1.82, 2.24) is 0 Å². The predicted molar refractivity (Wildman–Crippen MR) is 34.5 cm³/mol. The van der Waals surface area contributed by atoms with Gasteiger partial charge in [0.15, 0.2) is 0 Å². The molecule has 0 aliphatic heterocycles. The van der Waals surface area contributed by atoms with Crippen molar-refractivity contribution < 1.29 is 9.59 Å². The number of amides is 2. The third kappa shape index (κ3) is 0.775. The monoisotopic (exact) mass is 140 g/mol. The Balaban J connectivity index is 2.66. The fraction of sp³-hybridized carbons (Fsp3) is 0.333. The molecular formula is C6H8N2O2. The van der Waals surface area contributed by atoms with Gasteiger partial charge in [-0.05, 0) is 0 Å². The molecule has 0 spiro atoms.